The summed E-state index contributed by atoms with van der Waals surface area (Å²) in [7, 11) is 1.60. The number of likely N-dealkylation sites (N-methyl/N-ethyl adjacent to an activating group) is 1. The smallest absolute Gasteiger partial charge is 0.260 e. The lowest BCUT2D eigenvalue weighted by atomic mass is 10.1. The van der Waals surface area contributed by atoms with Crippen LogP contribution in [0.3, 0.4) is 0 Å². The minimum atomic E-state index is -0.243. The molecule has 1 saturated carbocycles. The maximum atomic E-state index is 12.2. The zero-order chi connectivity index (χ0) is 18.1. The van der Waals surface area contributed by atoms with Crippen LogP contribution in [-0.2, 0) is 9.59 Å². The fourth-order valence-corrected chi connectivity index (χ4v) is 2.85. The average molecular weight is 352 g/mol. The fraction of sp³-hybridized carbons (Fsp3) is 0.300. The molecule has 4 rings (SSSR count). The minimum Gasteiger partial charge on any atom is -0.484 e. The number of carbonyl (C=O) groups is 2. The van der Waals surface area contributed by atoms with Gasteiger partial charge >= 0.3 is 0 Å². The van der Waals surface area contributed by atoms with Crippen molar-refractivity contribution in [3.05, 3.63) is 42.5 Å². The number of hydrogen-bond acceptors (Lipinski definition) is 4. The number of fused-ring (bicyclic) bond motifs is 3. The van der Waals surface area contributed by atoms with Gasteiger partial charge in [-0.05, 0) is 37.1 Å². The highest BCUT2D eigenvalue weighted by Gasteiger charge is 2.24. The van der Waals surface area contributed by atoms with Crippen molar-refractivity contribution in [3.8, 4) is 5.75 Å². The molecule has 1 aliphatic carbocycles. The van der Waals surface area contributed by atoms with Gasteiger partial charge in [0.2, 0.25) is 5.91 Å². The normalized spacial score (nSPS) is 13.7. The molecule has 3 aromatic rings. The summed E-state index contributed by atoms with van der Waals surface area (Å²) in [6, 6.07) is 13.6. The highest BCUT2D eigenvalue weighted by molar-refractivity contribution is 6.05. The first-order chi connectivity index (χ1) is 12.6. The third-order valence-electron chi connectivity index (χ3n) is 4.46. The molecular formula is C20H20N2O4. The molecule has 0 atom stereocenters. The molecule has 2 amide bonds. The van der Waals surface area contributed by atoms with Crippen LogP contribution in [0, 0.1) is 0 Å². The van der Waals surface area contributed by atoms with Gasteiger partial charge in [0.15, 0.2) is 6.61 Å². The summed E-state index contributed by atoms with van der Waals surface area (Å²) in [5, 5.41) is 4.82. The lowest BCUT2D eigenvalue weighted by Gasteiger charge is -2.17. The molecule has 1 aromatic heterocycles. The van der Waals surface area contributed by atoms with E-state index in [2.05, 4.69) is 5.32 Å². The third-order valence-corrected chi connectivity index (χ3v) is 4.46. The second-order valence-electron chi connectivity index (χ2n) is 6.64. The largest absolute Gasteiger partial charge is 0.484 e. The van der Waals surface area contributed by atoms with Gasteiger partial charge in [-0.2, -0.15) is 0 Å². The molecule has 6 heteroatoms. The van der Waals surface area contributed by atoms with Gasteiger partial charge in [-0.25, -0.2) is 0 Å². The second kappa shape index (κ2) is 6.71. The zero-order valence-electron chi connectivity index (χ0n) is 14.5. The third kappa shape index (κ3) is 3.49. The SMILES string of the molecule is CN(CC(=O)NC1CC1)C(=O)COc1ccc2oc3ccccc3c2c1. The van der Waals surface area contributed by atoms with Gasteiger partial charge in [0.25, 0.3) is 5.91 Å². The molecule has 1 heterocycles. The molecule has 0 bridgehead atoms. The van der Waals surface area contributed by atoms with Crippen LogP contribution in [0.4, 0.5) is 0 Å². The van der Waals surface area contributed by atoms with Crippen molar-refractivity contribution >= 4 is 33.8 Å². The average Bonchev–Trinajstić information content (AvgIpc) is 3.37. The van der Waals surface area contributed by atoms with E-state index in [1.807, 2.05) is 36.4 Å². The van der Waals surface area contributed by atoms with Gasteiger partial charge in [0, 0.05) is 23.9 Å². The summed E-state index contributed by atoms with van der Waals surface area (Å²) < 4.78 is 11.4. The van der Waals surface area contributed by atoms with Crippen molar-refractivity contribution in [1.82, 2.24) is 10.2 Å². The van der Waals surface area contributed by atoms with Crippen LogP contribution in [0.25, 0.3) is 21.9 Å². The van der Waals surface area contributed by atoms with Crippen LogP contribution in [0.2, 0.25) is 0 Å². The number of rotatable bonds is 6. The second-order valence-corrected chi connectivity index (χ2v) is 6.64. The summed E-state index contributed by atoms with van der Waals surface area (Å²) in [4.78, 5) is 25.3. The van der Waals surface area contributed by atoms with E-state index in [-0.39, 0.29) is 25.0 Å². The Hall–Kier alpha value is -3.02. The molecular weight excluding hydrogens is 332 g/mol. The van der Waals surface area contributed by atoms with Crippen molar-refractivity contribution in [2.24, 2.45) is 0 Å². The Labute approximate surface area is 150 Å². The van der Waals surface area contributed by atoms with Crippen molar-refractivity contribution in [2.75, 3.05) is 20.2 Å². The standard InChI is InChI=1S/C20H20N2O4/c1-22(11-19(23)21-13-6-7-13)20(24)12-25-14-8-9-18-16(10-14)15-4-2-3-5-17(15)26-18/h2-5,8-10,13H,6-7,11-12H2,1H3,(H,21,23). The van der Waals surface area contributed by atoms with E-state index < -0.39 is 0 Å². The molecule has 134 valence electrons. The van der Waals surface area contributed by atoms with Crippen LogP contribution >= 0.6 is 0 Å². The number of nitrogens with zero attached hydrogens (tertiary/aromatic N) is 1. The number of carbonyl (C=O) groups excluding carboxylic acids is 2. The van der Waals surface area contributed by atoms with Gasteiger partial charge < -0.3 is 19.4 Å². The molecule has 0 spiro atoms. The first-order valence-electron chi connectivity index (χ1n) is 8.67. The van der Waals surface area contributed by atoms with E-state index in [9.17, 15) is 9.59 Å². The molecule has 1 N–H and O–H groups in total. The van der Waals surface area contributed by atoms with Gasteiger partial charge in [-0.1, -0.05) is 18.2 Å². The topological polar surface area (TPSA) is 71.8 Å². The Morgan fingerprint density at radius 2 is 1.92 bits per heavy atom. The van der Waals surface area contributed by atoms with Crippen LogP contribution in [-0.4, -0.2) is 43.0 Å². The Bertz CT molecular complexity index is 974. The zero-order valence-corrected chi connectivity index (χ0v) is 14.5. The lowest BCUT2D eigenvalue weighted by molar-refractivity contribution is -0.136. The molecule has 2 aromatic carbocycles. The summed E-state index contributed by atoms with van der Waals surface area (Å²) in [5.74, 6) is 0.218. The Kier molecular flexibility index (Phi) is 4.24. The van der Waals surface area contributed by atoms with Crippen LogP contribution < -0.4 is 10.1 Å². The predicted molar refractivity (Wildman–Crippen MR) is 98.0 cm³/mol. The number of para-hydroxylation sites is 1. The molecule has 6 nitrogen and oxygen atoms in total. The van der Waals surface area contributed by atoms with E-state index in [4.69, 9.17) is 9.15 Å². The molecule has 1 aliphatic rings. The Morgan fingerprint density at radius 1 is 1.15 bits per heavy atom. The number of furan rings is 1. The summed E-state index contributed by atoms with van der Waals surface area (Å²) in [6.45, 7) is -0.0708. The van der Waals surface area contributed by atoms with Crippen molar-refractivity contribution in [2.45, 2.75) is 18.9 Å². The monoisotopic (exact) mass is 352 g/mol. The molecule has 0 unspecified atom stereocenters. The first-order valence-corrected chi connectivity index (χ1v) is 8.67. The fourth-order valence-electron chi connectivity index (χ4n) is 2.85. The van der Waals surface area contributed by atoms with E-state index in [0.29, 0.717) is 11.8 Å². The molecule has 0 radical (unpaired) electrons. The highest BCUT2D eigenvalue weighted by Crippen LogP contribution is 2.31. The Morgan fingerprint density at radius 3 is 2.73 bits per heavy atom. The van der Waals surface area contributed by atoms with Crippen molar-refractivity contribution < 1.29 is 18.7 Å². The van der Waals surface area contributed by atoms with E-state index in [1.54, 1.807) is 13.1 Å². The molecule has 0 aliphatic heterocycles. The van der Waals surface area contributed by atoms with Gasteiger partial charge in [-0.3, -0.25) is 9.59 Å². The summed E-state index contributed by atoms with van der Waals surface area (Å²) in [5.41, 5.74) is 1.59. The minimum absolute atomic E-state index is 0.0457. The van der Waals surface area contributed by atoms with Gasteiger partial charge in [0.1, 0.15) is 16.9 Å². The van der Waals surface area contributed by atoms with Crippen LogP contribution in [0.15, 0.2) is 46.9 Å². The molecule has 0 saturated heterocycles. The number of ether oxygens (including phenoxy) is 1. The van der Waals surface area contributed by atoms with E-state index in [1.165, 1.54) is 4.90 Å². The van der Waals surface area contributed by atoms with Crippen molar-refractivity contribution in [1.29, 1.82) is 0 Å². The van der Waals surface area contributed by atoms with Gasteiger partial charge in [0.05, 0.1) is 6.54 Å². The van der Waals surface area contributed by atoms with Crippen LogP contribution in [0.5, 0.6) is 5.75 Å². The molecule has 26 heavy (non-hydrogen) atoms. The quantitative estimate of drug-likeness (QED) is 0.740. The maximum Gasteiger partial charge on any atom is 0.260 e. The van der Waals surface area contributed by atoms with Crippen LogP contribution in [0.1, 0.15) is 12.8 Å². The highest BCUT2D eigenvalue weighted by atomic mass is 16.5. The van der Waals surface area contributed by atoms with Crippen molar-refractivity contribution in [3.63, 3.8) is 0 Å². The summed E-state index contributed by atoms with van der Waals surface area (Å²) >= 11 is 0. The predicted octanol–water partition coefficient (Wildman–Crippen LogP) is 2.70. The number of nitrogens with one attached hydrogen (secondary N) is 1. The Balaban J connectivity index is 1.39. The molecule has 1 fully saturated rings. The summed E-state index contributed by atoms with van der Waals surface area (Å²) in [6.07, 6.45) is 2.05. The van der Waals surface area contributed by atoms with Gasteiger partial charge in [-0.15, -0.1) is 0 Å². The first kappa shape index (κ1) is 16.4. The number of amides is 2. The maximum absolute atomic E-state index is 12.2. The lowest BCUT2D eigenvalue weighted by Crippen LogP contribution is -2.40. The van der Waals surface area contributed by atoms with E-state index in [0.717, 1.165) is 34.8 Å². The number of hydrogen-bond donors (Lipinski definition) is 1. The number of benzene rings is 2. The van der Waals surface area contributed by atoms with E-state index >= 15 is 0 Å².